The van der Waals surface area contributed by atoms with E-state index in [-0.39, 0.29) is 5.91 Å². The van der Waals surface area contributed by atoms with Crippen molar-refractivity contribution in [2.75, 3.05) is 18.5 Å². The lowest BCUT2D eigenvalue weighted by Gasteiger charge is -2.14. The topological polar surface area (TPSA) is 90.4 Å². The van der Waals surface area contributed by atoms with Gasteiger partial charge in [0.2, 0.25) is 5.91 Å². The van der Waals surface area contributed by atoms with Crippen LogP contribution in [0.1, 0.15) is 20.3 Å². The highest BCUT2D eigenvalue weighted by Gasteiger charge is 2.14. The summed E-state index contributed by atoms with van der Waals surface area (Å²) in [6, 6.07) is 6.67. The minimum absolute atomic E-state index is 0.163. The highest BCUT2D eigenvalue weighted by Crippen LogP contribution is 2.16. The highest BCUT2D eigenvalue weighted by molar-refractivity contribution is 5.94. The molecule has 0 bridgehead atoms. The van der Waals surface area contributed by atoms with E-state index >= 15 is 0 Å². The fourth-order valence-electron chi connectivity index (χ4n) is 1.66. The fourth-order valence-corrected chi connectivity index (χ4v) is 1.66. The molecule has 0 saturated heterocycles. The molecule has 5 nitrogen and oxygen atoms in total. The molecule has 0 aliphatic carbocycles. The molecule has 0 saturated carbocycles. The molecule has 106 valence electrons. The number of hydrogen-bond donors (Lipinski definition) is 3. The zero-order valence-corrected chi connectivity index (χ0v) is 11.6. The van der Waals surface area contributed by atoms with Crippen molar-refractivity contribution in [3.05, 3.63) is 24.3 Å². The normalized spacial score (nSPS) is 12.3. The van der Waals surface area contributed by atoms with Crippen molar-refractivity contribution in [3.63, 3.8) is 0 Å². The van der Waals surface area contributed by atoms with Gasteiger partial charge in [-0.2, -0.15) is 0 Å². The summed E-state index contributed by atoms with van der Waals surface area (Å²) in [5.74, 6) is 0.965. The van der Waals surface area contributed by atoms with Crippen LogP contribution in [0.3, 0.4) is 0 Å². The summed E-state index contributed by atoms with van der Waals surface area (Å²) in [7, 11) is 0. The van der Waals surface area contributed by atoms with E-state index in [0.717, 1.165) is 5.75 Å². The van der Waals surface area contributed by atoms with Gasteiger partial charge in [0.1, 0.15) is 12.4 Å². The van der Waals surface area contributed by atoms with Crippen molar-refractivity contribution in [3.8, 4) is 5.75 Å². The molecule has 5 N–H and O–H groups in total. The number of benzene rings is 1. The van der Waals surface area contributed by atoms with Crippen molar-refractivity contribution in [2.24, 2.45) is 17.4 Å². The van der Waals surface area contributed by atoms with Gasteiger partial charge in [0, 0.05) is 12.2 Å². The van der Waals surface area contributed by atoms with Crippen LogP contribution in [-0.4, -0.2) is 25.1 Å². The van der Waals surface area contributed by atoms with Crippen LogP contribution in [0.25, 0.3) is 0 Å². The standard InChI is InChI=1S/C14H23N3O2/c1-10(2)9-13(16)14(18)17-11-3-5-12(6-4-11)19-8-7-15/h3-6,10,13H,7-9,15-16H2,1-2H3,(H,17,18)/t13-/m0/s1. The number of rotatable bonds is 7. The molecule has 1 amide bonds. The summed E-state index contributed by atoms with van der Waals surface area (Å²) < 4.78 is 5.35. The maximum atomic E-state index is 11.8. The molecular weight excluding hydrogens is 242 g/mol. The Bertz CT molecular complexity index is 390. The Morgan fingerprint density at radius 3 is 2.47 bits per heavy atom. The first-order valence-electron chi connectivity index (χ1n) is 6.52. The molecule has 19 heavy (non-hydrogen) atoms. The van der Waals surface area contributed by atoms with E-state index in [9.17, 15) is 4.79 Å². The highest BCUT2D eigenvalue weighted by atomic mass is 16.5. The summed E-state index contributed by atoms with van der Waals surface area (Å²) in [6.07, 6.45) is 0.670. The van der Waals surface area contributed by atoms with Crippen LogP contribution in [-0.2, 0) is 4.79 Å². The number of anilines is 1. The number of carbonyl (C=O) groups excluding carboxylic acids is 1. The third-order valence-electron chi connectivity index (χ3n) is 2.57. The Balaban J connectivity index is 2.50. The number of hydrogen-bond acceptors (Lipinski definition) is 4. The van der Waals surface area contributed by atoms with Crippen LogP contribution in [0.4, 0.5) is 5.69 Å². The van der Waals surface area contributed by atoms with Gasteiger partial charge in [0.25, 0.3) is 0 Å². The van der Waals surface area contributed by atoms with Gasteiger partial charge < -0.3 is 21.5 Å². The number of carbonyl (C=O) groups is 1. The Labute approximate surface area is 114 Å². The van der Waals surface area contributed by atoms with Gasteiger partial charge in [-0.3, -0.25) is 4.79 Å². The van der Waals surface area contributed by atoms with Crippen molar-refractivity contribution < 1.29 is 9.53 Å². The van der Waals surface area contributed by atoms with E-state index in [0.29, 0.717) is 31.2 Å². The third kappa shape index (κ3) is 5.72. The van der Waals surface area contributed by atoms with Gasteiger partial charge in [0.05, 0.1) is 6.04 Å². The van der Waals surface area contributed by atoms with E-state index in [2.05, 4.69) is 5.32 Å². The Morgan fingerprint density at radius 2 is 1.95 bits per heavy atom. The van der Waals surface area contributed by atoms with Gasteiger partial charge >= 0.3 is 0 Å². The minimum Gasteiger partial charge on any atom is -0.492 e. The molecule has 0 radical (unpaired) electrons. The summed E-state index contributed by atoms with van der Waals surface area (Å²) in [4.78, 5) is 11.8. The van der Waals surface area contributed by atoms with Gasteiger partial charge in [-0.1, -0.05) is 13.8 Å². The van der Waals surface area contributed by atoms with E-state index in [1.54, 1.807) is 24.3 Å². The van der Waals surface area contributed by atoms with Crippen LogP contribution >= 0.6 is 0 Å². The van der Waals surface area contributed by atoms with Crippen molar-refractivity contribution in [1.82, 2.24) is 0 Å². The maximum Gasteiger partial charge on any atom is 0.241 e. The first-order valence-corrected chi connectivity index (χ1v) is 6.52. The molecule has 1 rings (SSSR count). The lowest BCUT2D eigenvalue weighted by atomic mass is 10.0. The van der Waals surface area contributed by atoms with Crippen LogP contribution in [0, 0.1) is 5.92 Å². The predicted molar refractivity (Wildman–Crippen MR) is 77.1 cm³/mol. The van der Waals surface area contributed by atoms with Crippen LogP contribution in [0.15, 0.2) is 24.3 Å². The van der Waals surface area contributed by atoms with Crippen LogP contribution in [0.5, 0.6) is 5.75 Å². The molecular formula is C14H23N3O2. The van der Waals surface area contributed by atoms with Crippen molar-refractivity contribution in [2.45, 2.75) is 26.3 Å². The number of nitrogens with two attached hydrogens (primary N) is 2. The van der Waals surface area contributed by atoms with Crippen molar-refractivity contribution in [1.29, 1.82) is 0 Å². The average Bonchev–Trinajstić information content (AvgIpc) is 2.37. The van der Waals surface area contributed by atoms with Gasteiger partial charge in [-0.25, -0.2) is 0 Å². The van der Waals surface area contributed by atoms with E-state index in [1.165, 1.54) is 0 Å². The number of ether oxygens (including phenoxy) is 1. The first-order chi connectivity index (χ1) is 9.02. The number of amides is 1. The summed E-state index contributed by atoms with van der Waals surface area (Å²) >= 11 is 0. The smallest absolute Gasteiger partial charge is 0.241 e. The molecule has 0 aromatic heterocycles. The lowest BCUT2D eigenvalue weighted by Crippen LogP contribution is -2.36. The summed E-state index contributed by atoms with van der Waals surface area (Å²) in [5, 5.41) is 2.79. The maximum absolute atomic E-state index is 11.8. The molecule has 0 unspecified atom stereocenters. The zero-order valence-electron chi connectivity index (χ0n) is 11.6. The fraction of sp³-hybridized carbons (Fsp3) is 0.500. The third-order valence-corrected chi connectivity index (χ3v) is 2.57. The molecule has 5 heteroatoms. The van der Waals surface area contributed by atoms with Crippen LogP contribution in [0.2, 0.25) is 0 Å². The Morgan fingerprint density at radius 1 is 1.32 bits per heavy atom. The zero-order chi connectivity index (χ0) is 14.3. The number of nitrogens with one attached hydrogen (secondary N) is 1. The molecule has 0 heterocycles. The van der Waals surface area contributed by atoms with E-state index in [1.807, 2.05) is 13.8 Å². The lowest BCUT2D eigenvalue weighted by molar-refractivity contribution is -0.117. The summed E-state index contributed by atoms with van der Waals surface area (Å²) in [5.41, 5.74) is 11.9. The Hall–Kier alpha value is -1.59. The predicted octanol–water partition coefficient (Wildman–Crippen LogP) is 1.34. The second-order valence-corrected chi connectivity index (χ2v) is 4.89. The van der Waals surface area contributed by atoms with Gasteiger partial charge in [-0.05, 0) is 36.6 Å². The second-order valence-electron chi connectivity index (χ2n) is 4.89. The van der Waals surface area contributed by atoms with E-state index in [4.69, 9.17) is 16.2 Å². The average molecular weight is 265 g/mol. The second kappa shape index (κ2) is 7.76. The molecule has 0 fully saturated rings. The Kier molecular flexibility index (Phi) is 6.32. The molecule has 0 spiro atoms. The van der Waals surface area contributed by atoms with Crippen molar-refractivity contribution >= 4 is 11.6 Å². The largest absolute Gasteiger partial charge is 0.492 e. The molecule has 0 aliphatic heterocycles. The molecule has 0 aliphatic rings. The monoisotopic (exact) mass is 265 g/mol. The minimum atomic E-state index is -0.479. The molecule has 1 aromatic rings. The van der Waals surface area contributed by atoms with Gasteiger partial charge in [0.15, 0.2) is 0 Å². The van der Waals surface area contributed by atoms with Gasteiger partial charge in [-0.15, -0.1) is 0 Å². The van der Waals surface area contributed by atoms with Crippen LogP contribution < -0.4 is 21.5 Å². The summed E-state index contributed by atoms with van der Waals surface area (Å²) in [6.45, 7) is 5.03. The quantitative estimate of drug-likeness (QED) is 0.694. The molecule has 1 aromatic carbocycles. The SMILES string of the molecule is CC(C)C[C@H](N)C(=O)Nc1ccc(OCCN)cc1. The van der Waals surface area contributed by atoms with E-state index < -0.39 is 6.04 Å². The first kappa shape index (κ1) is 15.5. The molecule has 1 atom stereocenters.